The summed E-state index contributed by atoms with van der Waals surface area (Å²) in [7, 11) is 0. The molecule has 0 N–H and O–H groups in total. The summed E-state index contributed by atoms with van der Waals surface area (Å²) < 4.78 is 4.79. The molecule has 2 aromatic heterocycles. The summed E-state index contributed by atoms with van der Waals surface area (Å²) in [6.45, 7) is 9.39. The van der Waals surface area contributed by atoms with Crippen LogP contribution in [-0.4, -0.2) is 36.8 Å². The van der Waals surface area contributed by atoms with Gasteiger partial charge in [0, 0.05) is 0 Å². The average molecular weight is 485 g/mol. The predicted molar refractivity (Wildman–Crippen MR) is 116 cm³/mol. The van der Waals surface area contributed by atoms with E-state index in [-0.39, 0.29) is 0 Å². The van der Waals surface area contributed by atoms with Crippen molar-refractivity contribution in [1.82, 2.24) is 9.38 Å². The molecule has 0 amide bonds. The Labute approximate surface area is 172 Å². The zero-order valence-electron chi connectivity index (χ0n) is 16.7. The molecular weight excluding hydrogens is 451 g/mol. The van der Waals surface area contributed by atoms with E-state index in [1.165, 1.54) is 73.3 Å². The van der Waals surface area contributed by atoms with Crippen LogP contribution in [0.2, 0.25) is 3.43 Å². The van der Waals surface area contributed by atoms with Gasteiger partial charge in [-0.05, 0) is 0 Å². The molecule has 2 rings (SSSR count). The fourth-order valence-corrected chi connectivity index (χ4v) is 12.8. The SMILES string of the molecule is CCCC[C](CCCC)(CCCC)[Sn][c]1sc2c(SC)ncn2c1C. The van der Waals surface area contributed by atoms with Crippen LogP contribution >= 0.6 is 23.1 Å². The van der Waals surface area contributed by atoms with Crippen molar-refractivity contribution in [2.75, 3.05) is 6.26 Å². The number of thiazole rings is 1. The monoisotopic (exact) mass is 486 g/mol. The minimum absolute atomic E-state index is 0.634. The molecule has 2 heterocycles. The minimum atomic E-state index is -0.634. The normalized spacial score (nSPS) is 12.4. The van der Waals surface area contributed by atoms with Gasteiger partial charge in [-0.3, -0.25) is 0 Å². The van der Waals surface area contributed by atoms with Gasteiger partial charge >= 0.3 is 174 Å². The van der Waals surface area contributed by atoms with Gasteiger partial charge in [-0.15, -0.1) is 0 Å². The molecule has 25 heavy (non-hydrogen) atoms. The third kappa shape index (κ3) is 5.41. The van der Waals surface area contributed by atoms with Gasteiger partial charge in [-0.2, -0.15) is 0 Å². The number of fused-ring (bicyclic) bond motifs is 1. The second kappa shape index (κ2) is 10.6. The molecule has 0 aliphatic rings. The van der Waals surface area contributed by atoms with Crippen molar-refractivity contribution in [2.24, 2.45) is 0 Å². The number of imidazole rings is 1. The van der Waals surface area contributed by atoms with Crippen LogP contribution in [0.3, 0.4) is 0 Å². The molecule has 0 aliphatic heterocycles. The van der Waals surface area contributed by atoms with E-state index in [0.717, 1.165) is 0 Å². The van der Waals surface area contributed by atoms with Gasteiger partial charge in [0.25, 0.3) is 0 Å². The number of hydrogen-bond donors (Lipinski definition) is 0. The van der Waals surface area contributed by atoms with Crippen LogP contribution in [0.4, 0.5) is 0 Å². The van der Waals surface area contributed by atoms with Crippen molar-refractivity contribution >= 4 is 52.0 Å². The Balaban J connectivity index is 2.32. The van der Waals surface area contributed by atoms with Crippen LogP contribution < -0.4 is 2.89 Å². The van der Waals surface area contributed by atoms with Crippen molar-refractivity contribution in [3.05, 3.63) is 12.0 Å². The van der Waals surface area contributed by atoms with Crippen LogP contribution in [0.5, 0.6) is 0 Å². The van der Waals surface area contributed by atoms with E-state index in [2.05, 4.69) is 54.7 Å². The maximum atomic E-state index is 4.58. The Bertz CT molecular complexity index is 626. The number of unbranched alkanes of at least 4 members (excludes halogenated alkanes) is 3. The Morgan fingerprint density at radius 1 is 1.08 bits per heavy atom. The van der Waals surface area contributed by atoms with E-state index in [1.807, 2.05) is 6.33 Å². The van der Waals surface area contributed by atoms with E-state index in [4.69, 9.17) is 0 Å². The fraction of sp³-hybridized carbons (Fsp3) is 0.750. The van der Waals surface area contributed by atoms with Gasteiger partial charge in [0.05, 0.1) is 0 Å². The summed E-state index contributed by atoms with van der Waals surface area (Å²) in [5.74, 6) is 0. The molecule has 0 spiro atoms. The zero-order chi connectivity index (χ0) is 18.3. The molecular formula is C20H34N2S2Sn. The number of nitrogens with zero attached hydrogens (tertiary/aromatic N) is 2. The standard InChI is InChI=1S/C13H27.C7H7N2S2.Sn/c1-4-7-10-13(11-8-5-2)12-9-6-3;1-5-3-11-7-6(10-2)8-4-9(5)7;/h4-12H2,1-3H3;4H,1-2H3;. The summed E-state index contributed by atoms with van der Waals surface area (Å²) in [6, 6.07) is 0. The van der Waals surface area contributed by atoms with Crippen molar-refractivity contribution < 1.29 is 0 Å². The molecule has 0 atom stereocenters. The predicted octanol–water partition coefficient (Wildman–Crippen LogP) is 6.48. The quantitative estimate of drug-likeness (QED) is 0.253. The first kappa shape index (κ1) is 21.6. The third-order valence-corrected chi connectivity index (χ3v) is 14.0. The van der Waals surface area contributed by atoms with Crippen LogP contribution in [0, 0.1) is 6.92 Å². The summed E-state index contributed by atoms with van der Waals surface area (Å²) >= 11 is 3.21. The Morgan fingerprint density at radius 3 is 2.12 bits per heavy atom. The Kier molecular flexibility index (Phi) is 9.17. The van der Waals surface area contributed by atoms with E-state index in [1.54, 1.807) is 14.7 Å². The summed E-state index contributed by atoms with van der Waals surface area (Å²) in [6.07, 6.45) is 16.8. The van der Waals surface area contributed by atoms with Gasteiger partial charge in [0.2, 0.25) is 0 Å². The second-order valence-corrected chi connectivity index (χ2v) is 15.2. The molecule has 0 unspecified atom stereocenters. The van der Waals surface area contributed by atoms with Gasteiger partial charge < -0.3 is 0 Å². The Hall–Kier alpha value is 0.319. The summed E-state index contributed by atoms with van der Waals surface area (Å²) in [4.78, 5) is 5.96. The second-order valence-electron chi connectivity index (χ2n) is 7.16. The molecule has 0 aliphatic carbocycles. The number of aryl methyl sites for hydroxylation is 1. The number of rotatable bonds is 12. The van der Waals surface area contributed by atoms with Gasteiger partial charge in [-0.25, -0.2) is 0 Å². The first-order valence-electron chi connectivity index (χ1n) is 9.89. The molecule has 0 saturated carbocycles. The van der Waals surface area contributed by atoms with Crippen LogP contribution in [-0.2, 0) is 0 Å². The number of aromatic nitrogens is 2. The molecule has 0 saturated heterocycles. The van der Waals surface area contributed by atoms with E-state index >= 15 is 0 Å². The average Bonchev–Trinajstić information content (AvgIpc) is 3.16. The Morgan fingerprint density at radius 2 is 1.64 bits per heavy atom. The first-order valence-corrected chi connectivity index (χ1v) is 14.8. The third-order valence-electron chi connectivity index (χ3n) is 5.18. The molecule has 2 radical (unpaired) electrons. The number of hydrogen-bond acceptors (Lipinski definition) is 3. The molecule has 0 aromatic carbocycles. The van der Waals surface area contributed by atoms with E-state index in [0.29, 0.717) is 3.43 Å². The van der Waals surface area contributed by atoms with Crippen molar-refractivity contribution in [3.63, 3.8) is 0 Å². The topological polar surface area (TPSA) is 17.3 Å². The van der Waals surface area contributed by atoms with E-state index in [9.17, 15) is 0 Å². The van der Waals surface area contributed by atoms with Crippen LogP contribution in [0.15, 0.2) is 11.4 Å². The number of thioether (sulfide) groups is 1. The summed E-state index contributed by atoms with van der Waals surface area (Å²) in [5.41, 5.74) is 1.49. The van der Waals surface area contributed by atoms with Crippen molar-refractivity contribution in [3.8, 4) is 0 Å². The van der Waals surface area contributed by atoms with Crippen molar-refractivity contribution in [1.29, 1.82) is 0 Å². The van der Waals surface area contributed by atoms with Crippen LogP contribution in [0.1, 0.15) is 84.3 Å². The zero-order valence-corrected chi connectivity index (χ0v) is 21.1. The molecule has 2 nitrogen and oxygen atoms in total. The summed E-state index contributed by atoms with van der Waals surface area (Å²) in [5, 5.41) is 1.21. The van der Waals surface area contributed by atoms with Gasteiger partial charge in [-0.1, -0.05) is 0 Å². The van der Waals surface area contributed by atoms with Gasteiger partial charge in [0.1, 0.15) is 0 Å². The molecule has 0 fully saturated rings. The molecule has 0 bridgehead atoms. The molecule has 2 aromatic rings. The van der Waals surface area contributed by atoms with Crippen LogP contribution in [0.25, 0.3) is 4.83 Å². The van der Waals surface area contributed by atoms with E-state index < -0.39 is 21.1 Å². The van der Waals surface area contributed by atoms with Crippen molar-refractivity contribution in [2.45, 2.75) is 93.9 Å². The maximum absolute atomic E-state index is 4.58. The molecule has 140 valence electrons. The first-order chi connectivity index (χ1) is 12.1. The molecule has 5 heteroatoms. The fourth-order valence-electron chi connectivity index (χ4n) is 3.54. The van der Waals surface area contributed by atoms with Gasteiger partial charge in [0.15, 0.2) is 0 Å².